The molecule has 5 unspecified atom stereocenters. The molecule has 0 amide bonds. The molecule has 9 rings (SSSR count). The second kappa shape index (κ2) is 10.2. The summed E-state index contributed by atoms with van der Waals surface area (Å²) in [6.07, 6.45) is -5.77. The zero-order valence-electron chi connectivity index (χ0n) is 27.1. The molecule has 2 aromatic carbocycles. The van der Waals surface area contributed by atoms with Crippen LogP contribution in [-0.2, 0) is 39.6 Å². The van der Waals surface area contributed by atoms with Crippen molar-refractivity contribution in [3.63, 3.8) is 0 Å². The van der Waals surface area contributed by atoms with Crippen molar-refractivity contribution < 1.29 is 67.9 Å². The zero-order chi connectivity index (χ0) is 33.5. The third-order valence-electron chi connectivity index (χ3n) is 11.6. The molecule has 14 heteroatoms. The van der Waals surface area contributed by atoms with Crippen LogP contribution in [0.4, 0.5) is 0 Å². The minimum Gasteiger partial charge on any atom is -0.506 e. The summed E-state index contributed by atoms with van der Waals surface area (Å²) in [5.74, 6) is -3.14. The number of aliphatic hydroxyl groups is 3. The van der Waals surface area contributed by atoms with Crippen molar-refractivity contribution in [2.45, 2.75) is 119 Å². The van der Waals surface area contributed by atoms with Crippen molar-refractivity contribution in [1.82, 2.24) is 0 Å². The number of phenols is 1. The molecular formula is C34H40O14. The Morgan fingerprint density at radius 2 is 1.88 bits per heavy atom. The van der Waals surface area contributed by atoms with E-state index in [4.69, 9.17) is 42.6 Å². The number of Topliss-reactive ketones (excluding diaryl/α,β-unsaturated/α-hetero) is 1. The number of rotatable bonds is 5. The van der Waals surface area contributed by atoms with Crippen LogP contribution in [0.15, 0.2) is 6.07 Å². The van der Waals surface area contributed by atoms with Crippen LogP contribution in [0, 0.1) is 6.92 Å². The lowest BCUT2D eigenvalue weighted by Gasteiger charge is -2.53. The number of ketones is 1. The Morgan fingerprint density at radius 1 is 1.12 bits per heavy atom. The molecule has 14 nitrogen and oxygen atoms in total. The van der Waals surface area contributed by atoms with E-state index in [1.807, 2.05) is 13.0 Å². The van der Waals surface area contributed by atoms with Gasteiger partial charge in [-0.05, 0) is 51.7 Å². The fraction of sp³-hybridized carbons (Fsp3) is 0.676. The predicted molar refractivity (Wildman–Crippen MR) is 161 cm³/mol. The molecule has 2 bridgehead atoms. The summed E-state index contributed by atoms with van der Waals surface area (Å²) < 4.78 is 57.9. The summed E-state index contributed by atoms with van der Waals surface area (Å²) in [4.78, 5) is 13.3. The van der Waals surface area contributed by atoms with Crippen LogP contribution in [0.2, 0.25) is 0 Å². The highest BCUT2D eigenvalue weighted by atomic mass is 16.9. The molecule has 1 spiro atoms. The second-order valence-corrected chi connectivity index (χ2v) is 14.1. The largest absolute Gasteiger partial charge is 0.506 e. The van der Waals surface area contributed by atoms with E-state index < -0.39 is 65.9 Å². The van der Waals surface area contributed by atoms with Gasteiger partial charge in [0.25, 0.3) is 11.6 Å². The third-order valence-corrected chi connectivity index (χ3v) is 11.6. The van der Waals surface area contributed by atoms with E-state index in [2.05, 4.69) is 0 Å². The van der Waals surface area contributed by atoms with Crippen molar-refractivity contribution in [2.24, 2.45) is 0 Å². The molecule has 0 radical (unpaired) electrons. The SMILES string of the molecule is COc1c2c(c(O)c3c4c(c(C)cc13)C1OC3(C5OCCCO5)OC1[C@@](O[C@H]1CC(O)[C@@](O)([C@@H](C)O)C(C)O1)(O4)[C@@]31CO1)C(=O)CCC2. The maximum absolute atomic E-state index is 13.3. The van der Waals surface area contributed by atoms with Crippen LogP contribution < -0.4 is 9.47 Å². The Balaban J connectivity index is 1.24. The van der Waals surface area contributed by atoms with Crippen LogP contribution in [0.5, 0.6) is 17.2 Å². The van der Waals surface area contributed by atoms with E-state index in [1.165, 1.54) is 14.0 Å². The van der Waals surface area contributed by atoms with E-state index in [0.717, 1.165) is 5.56 Å². The standard InChI is InChI=1S/C34H40O14/c1-14-11-18-24(25(38)23-17(26(18)40-4)7-5-8-19(23)36)27-22(14)28-29-33(46-27,45-21-12-20(37)32(39,15(2)35)16(3)44-21)31(13-43-31)34(47-28,48-29)30-41-9-6-10-42-30/h11,15-16,20-21,28-30,35,37-39H,5-10,12-13H2,1-4H3/t15-,16?,20?,21+,28?,29?,31+,32-,33-,34?/m1/s1. The molecule has 6 heterocycles. The van der Waals surface area contributed by atoms with E-state index >= 15 is 0 Å². The highest BCUT2D eigenvalue weighted by molar-refractivity contribution is 6.11. The number of ether oxygens (including phenoxy) is 9. The first-order valence-corrected chi connectivity index (χ1v) is 16.7. The van der Waals surface area contributed by atoms with Gasteiger partial charge in [-0.15, -0.1) is 0 Å². The lowest BCUT2D eigenvalue weighted by Crippen LogP contribution is -2.72. The maximum Gasteiger partial charge on any atom is 0.279 e. The molecule has 2 aromatic rings. The quantitative estimate of drug-likeness (QED) is 0.337. The van der Waals surface area contributed by atoms with Crippen LogP contribution in [0.1, 0.15) is 72.7 Å². The van der Waals surface area contributed by atoms with Crippen LogP contribution in [-0.4, -0.2) is 113 Å². The average Bonchev–Trinajstić information content (AvgIpc) is 3.72. The molecule has 260 valence electrons. The number of phenolic OH excluding ortho intramolecular Hbond substituents is 1. The Bertz CT molecular complexity index is 1700. The number of aryl methyl sites for hydroxylation is 1. The average molecular weight is 673 g/mol. The van der Waals surface area contributed by atoms with Gasteiger partial charge in [-0.25, -0.2) is 0 Å². The number of carbonyl (C=O) groups is 1. The number of methoxy groups -OCH3 is 1. The van der Waals surface area contributed by atoms with Crippen molar-refractivity contribution in [3.8, 4) is 17.2 Å². The molecule has 6 aliphatic heterocycles. The van der Waals surface area contributed by atoms with Gasteiger partial charge in [0.1, 0.15) is 29.0 Å². The maximum atomic E-state index is 13.3. The van der Waals surface area contributed by atoms with Gasteiger partial charge in [-0.3, -0.25) is 4.79 Å². The second-order valence-electron chi connectivity index (χ2n) is 14.1. The summed E-state index contributed by atoms with van der Waals surface area (Å²) in [5.41, 5.74) is -1.20. The molecule has 7 aliphatic rings. The molecule has 4 N–H and O–H groups in total. The lowest BCUT2D eigenvalue weighted by molar-refractivity contribution is -0.395. The Labute approximate surface area is 275 Å². The third kappa shape index (κ3) is 3.63. The van der Waals surface area contributed by atoms with E-state index in [9.17, 15) is 25.2 Å². The summed E-state index contributed by atoms with van der Waals surface area (Å²) in [6.45, 7) is 5.69. The first-order valence-electron chi connectivity index (χ1n) is 16.7. The molecule has 0 saturated carbocycles. The van der Waals surface area contributed by atoms with Gasteiger partial charge in [0.2, 0.25) is 11.9 Å². The molecule has 1 aliphatic carbocycles. The summed E-state index contributed by atoms with van der Waals surface area (Å²) in [5, 5.41) is 45.4. The molecule has 10 atom stereocenters. The van der Waals surface area contributed by atoms with E-state index in [0.29, 0.717) is 54.7 Å². The molecular weight excluding hydrogens is 632 g/mol. The minimum atomic E-state index is -1.95. The van der Waals surface area contributed by atoms with Gasteiger partial charge in [0, 0.05) is 29.4 Å². The summed E-state index contributed by atoms with van der Waals surface area (Å²) >= 11 is 0. The van der Waals surface area contributed by atoms with Gasteiger partial charge in [-0.2, -0.15) is 0 Å². The normalized spacial score (nSPS) is 42.1. The fourth-order valence-electron chi connectivity index (χ4n) is 9.11. The van der Waals surface area contributed by atoms with Crippen molar-refractivity contribution >= 4 is 16.6 Å². The first kappa shape index (κ1) is 31.4. The van der Waals surface area contributed by atoms with Crippen molar-refractivity contribution in [2.75, 3.05) is 26.9 Å². The van der Waals surface area contributed by atoms with Gasteiger partial charge >= 0.3 is 0 Å². The number of aliphatic hydroxyl groups excluding tert-OH is 2. The summed E-state index contributed by atoms with van der Waals surface area (Å²) in [6, 6.07) is 1.89. The zero-order valence-corrected chi connectivity index (χ0v) is 27.1. The number of benzene rings is 2. The lowest BCUT2D eigenvalue weighted by atomic mass is 9.77. The minimum absolute atomic E-state index is 0.0597. The van der Waals surface area contributed by atoms with Crippen LogP contribution in [0.25, 0.3) is 10.8 Å². The molecule has 48 heavy (non-hydrogen) atoms. The van der Waals surface area contributed by atoms with E-state index in [-0.39, 0.29) is 47.7 Å². The highest BCUT2D eigenvalue weighted by Gasteiger charge is 2.94. The van der Waals surface area contributed by atoms with E-state index in [1.54, 1.807) is 6.92 Å². The van der Waals surface area contributed by atoms with Crippen LogP contribution in [0.3, 0.4) is 0 Å². The number of hydrogen-bond acceptors (Lipinski definition) is 14. The molecule has 5 saturated heterocycles. The van der Waals surface area contributed by atoms with Crippen LogP contribution >= 0.6 is 0 Å². The summed E-state index contributed by atoms with van der Waals surface area (Å²) in [7, 11) is 1.54. The smallest absolute Gasteiger partial charge is 0.279 e. The van der Waals surface area contributed by atoms with Crippen molar-refractivity contribution in [3.05, 3.63) is 28.3 Å². The number of hydrogen-bond donors (Lipinski definition) is 4. The topological polar surface area (TPSA) is 184 Å². The van der Waals surface area contributed by atoms with Crippen molar-refractivity contribution in [1.29, 1.82) is 0 Å². The molecule has 0 aromatic heterocycles. The highest BCUT2D eigenvalue weighted by Crippen LogP contribution is 2.72. The van der Waals surface area contributed by atoms with Gasteiger partial charge in [0.15, 0.2) is 18.2 Å². The number of epoxide rings is 1. The Hall–Kier alpha value is -2.63. The number of fused-ring (bicyclic) bond motifs is 8. The van der Waals surface area contributed by atoms with Gasteiger partial charge in [0.05, 0.1) is 56.2 Å². The Kier molecular flexibility index (Phi) is 6.68. The van der Waals surface area contributed by atoms with Gasteiger partial charge < -0.3 is 63.1 Å². The molecule has 5 fully saturated rings. The fourth-order valence-corrected chi connectivity index (χ4v) is 9.11. The Morgan fingerprint density at radius 3 is 2.54 bits per heavy atom. The van der Waals surface area contributed by atoms with Gasteiger partial charge in [-0.1, -0.05) is 0 Å². The monoisotopic (exact) mass is 672 g/mol. The number of carbonyl (C=O) groups excluding carboxylic acids is 1. The number of aromatic hydroxyl groups is 1. The first-order chi connectivity index (χ1) is 22.9. The predicted octanol–water partition coefficient (Wildman–Crippen LogP) is 1.79.